The van der Waals surface area contributed by atoms with Crippen LogP contribution in [0, 0.1) is 6.92 Å². The number of unbranched alkanes of at least 4 members (excludes halogenated alkanes) is 1. The van der Waals surface area contributed by atoms with Gasteiger partial charge in [-0.1, -0.05) is 62.0 Å². The number of amidine groups is 1. The lowest BCUT2D eigenvalue weighted by molar-refractivity contribution is -0.274. The van der Waals surface area contributed by atoms with Crippen molar-refractivity contribution >= 4 is 28.6 Å². The minimum Gasteiger partial charge on any atom is -0.406 e. The molecular formula is C33H35F3N6O2S. The summed E-state index contributed by atoms with van der Waals surface area (Å²) in [5.74, 6) is 1.47. The highest BCUT2D eigenvalue weighted by Gasteiger charge is 2.31. The number of nitrogens with one attached hydrogen (secondary N) is 1. The summed E-state index contributed by atoms with van der Waals surface area (Å²) >= 11 is 1.61. The zero-order chi connectivity index (χ0) is 32.0. The van der Waals surface area contributed by atoms with E-state index in [1.54, 1.807) is 11.8 Å². The van der Waals surface area contributed by atoms with E-state index in [4.69, 9.17) is 0 Å². The van der Waals surface area contributed by atoms with Gasteiger partial charge >= 0.3 is 12.4 Å². The Hall–Kier alpha value is -4.32. The number of benzene rings is 3. The number of carbonyl (C=O) groups is 1. The molecule has 1 aromatic heterocycles. The van der Waals surface area contributed by atoms with Gasteiger partial charge in [0.2, 0.25) is 0 Å². The molecule has 2 amide bonds. The maximum absolute atomic E-state index is 12.6. The average Bonchev–Trinajstić information content (AvgIpc) is 3.67. The van der Waals surface area contributed by atoms with Crippen LogP contribution in [0.15, 0.2) is 78.0 Å². The third-order valence-corrected chi connectivity index (χ3v) is 8.31. The number of halogens is 3. The summed E-state index contributed by atoms with van der Waals surface area (Å²) in [5.41, 5.74) is 6.21. The van der Waals surface area contributed by atoms with E-state index in [0.29, 0.717) is 24.0 Å². The second-order valence-electron chi connectivity index (χ2n) is 11.0. The lowest BCUT2D eigenvalue weighted by atomic mass is 9.95. The summed E-state index contributed by atoms with van der Waals surface area (Å²) in [6, 6.07) is 19.3. The Morgan fingerprint density at radius 3 is 2.53 bits per heavy atom. The molecule has 1 N–H and O–H groups in total. The van der Waals surface area contributed by atoms with E-state index in [9.17, 15) is 18.0 Å². The third kappa shape index (κ3) is 8.44. The van der Waals surface area contributed by atoms with Gasteiger partial charge in [0, 0.05) is 30.1 Å². The summed E-state index contributed by atoms with van der Waals surface area (Å²) < 4.78 is 42.6. The summed E-state index contributed by atoms with van der Waals surface area (Å²) in [7, 11) is 0. The van der Waals surface area contributed by atoms with E-state index in [1.165, 1.54) is 46.4 Å². The van der Waals surface area contributed by atoms with Crippen LogP contribution in [-0.4, -0.2) is 51.2 Å². The first-order valence-electron chi connectivity index (χ1n) is 14.8. The molecule has 1 fully saturated rings. The largest absolute Gasteiger partial charge is 0.573 e. The molecular weight excluding hydrogens is 601 g/mol. The number of rotatable bonds is 10. The molecule has 236 valence electrons. The van der Waals surface area contributed by atoms with E-state index >= 15 is 0 Å². The number of anilines is 1. The predicted molar refractivity (Wildman–Crippen MR) is 172 cm³/mol. The molecule has 45 heavy (non-hydrogen) atoms. The number of alkyl halides is 3. The maximum atomic E-state index is 12.6. The van der Waals surface area contributed by atoms with Gasteiger partial charge in [0.1, 0.15) is 12.1 Å². The first-order chi connectivity index (χ1) is 21.6. The summed E-state index contributed by atoms with van der Waals surface area (Å²) in [4.78, 5) is 23.5. The van der Waals surface area contributed by atoms with Crippen LogP contribution in [0.5, 0.6) is 5.75 Å². The smallest absolute Gasteiger partial charge is 0.406 e. The van der Waals surface area contributed by atoms with Gasteiger partial charge in [-0.3, -0.25) is 0 Å². The molecule has 0 aliphatic carbocycles. The van der Waals surface area contributed by atoms with Crippen molar-refractivity contribution in [3.63, 3.8) is 0 Å². The van der Waals surface area contributed by atoms with Crippen molar-refractivity contribution in [2.45, 2.75) is 52.3 Å². The summed E-state index contributed by atoms with van der Waals surface area (Å²) in [5, 5.41) is 8.13. The number of aliphatic imine (C=N–C) groups is 1. The molecule has 0 radical (unpaired) electrons. The lowest BCUT2D eigenvalue weighted by Crippen LogP contribution is -2.29. The molecule has 1 saturated heterocycles. The topological polar surface area (TPSA) is 84.6 Å². The van der Waals surface area contributed by atoms with Crippen LogP contribution in [0.2, 0.25) is 0 Å². The number of nitrogens with zero attached hydrogens (tertiary/aromatic N) is 5. The fourth-order valence-electron chi connectivity index (χ4n) is 5.29. The summed E-state index contributed by atoms with van der Waals surface area (Å²) in [6.07, 6.45) is -0.649. The van der Waals surface area contributed by atoms with Gasteiger partial charge in [0.05, 0.1) is 5.69 Å². The Labute approximate surface area is 264 Å². The van der Waals surface area contributed by atoms with E-state index in [1.807, 2.05) is 24.3 Å². The highest BCUT2D eigenvalue weighted by atomic mass is 32.2. The fourth-order valence-corrected chi connectivity index (χ4v) is 6.24. The van der Waals surface area contributed by atoms with E-state index in [0.717, 1.165) is 53.5 Å². The first kappa shape index (κ1) is 32.1. The predicted octanol–water partition coefficient (Wildman–Crippen LogP) is 7.91. The Morgan fingerprint density at radius 1 is 1.07 bits per heavy atom. The van der Waals surface area contributed by atoms with Gasteiger partial charge in [0.25, 0.3) is 0 Å². The molecule has 1 aliphatic heterocycles. The molecule has 0 saturated carbocycles. The molecule has 4 aromatic rings. The van der Waals surface area contributed by atoms with E-state index < -0.39 is 6.36 Å². The molecule has 0 atom stereocenters. The van der Waals surface area contributed by atoms with Gasteiger partial charge < -0.3 is 15.0 Å². The van der Waals surface area contributed by atoms with E-state index in [-0.39, 0.29) is 11.8 Å². The number of aryl methyl sites for hydroxylation is 2. The SMILES string of the molecule is Cc1cccc(N2CCSC2=NC(=O)NCCCCc2ccc(-c3ncn(-c4ccc(OC(F)(F)F)cc4)n3)cc2)c1C(C)C. The zero-order valence-electron chi connectivity index (χ0n) is 25.3. The van der Waals surface area contributed by atoms with Crippen molar-refractivity contribution in [3.8, 4) is 22.8 Å². The average molecular weight is 637 g/mol. The van der Waals surface area contributed by atoms with Crippen molar-refractivity contribution < 1.29 is 22.7 Å². The number of ether oxygens (including phenoxy) is 1. The van der Waals surface area contributed by atoms with Crippen LogP contribution >= 0.6 is 11.8 Å². The number of thioether (sulfide) groups is 1. The molecule has 0 spiro atoms. The molecule has 0 bridgehead atoms. The van der Waals surface area contributed by atoms with Crippen LogP contribution in [0.1, 0.15) is 49.3 Å². The highest BCUT2D eigenvalue weighted by molar-refractivity contribution is 8.14. The number of urea groups is 1. The molecule has 8 nitrogen and oxygen atoms in total. The van der Waals surface area contributed by atoms with Crippen molar-refractivity contribution in [1.82, 2.24) is 20.1 Å². The quantitative estimate of drug-likeness (QED) is 0.178. The second-order valence-corrected chi connectivity index (χ2v) is 12.1. The normalized spacial score (nSPS) is 14.4. The number of hydrogen-bond donors (Lipinski definition) is 1. The highest BCUT2D eigenvalue weighted by Crippen LogP contribution is 2.34. The molecule has 2 heterocycles. The fraction of sp³-hybridized carbons (Fsp3) is 0.333. The minimum atomic E-state index is -4.74. The Balaban J connectivity index is 1.08. The number of hydrogen-bond acceptors (Lipinski definition) is 5. The molecule has 5 rings (SSSR count). The molecule has 12 heteroatoms. The van der Waals surface area contributed by atoms with Crippen molar-refractivity contribution in [2.75, 3.05) is 23.7 Å². The Morgan fingerprint density at radius 2 is 1.82 bits per heavy atom. The number of carbonyl (C=O) groups excluding carboxylic acids is 1. The van der Waals surface area contributed by atoms with Crippen LogP contribution in [0.4, 0.5) is 23.7 Å². The Kier molecular flexibility index (Phi) is 10.1. The van der Waals surface area contributed by atoms with Gasteiger partial charge in [-0.2, -0.15) is 4.99 Å². The maximum Gasteiger partial charge on any atom is 0.573 e. The second kappa shape index (κ2) is 14.2. The standard InChI is InChI=1S/C33H35F3N6O2S/c1-22(2)29-23(3)7-6-9-28(29)41-19-20-45-32(41)39-31(43)37-18-5-4-8-24-10-12-25(13-11-24)30-38-21-42(40-30)26-14-16-27(17-15-26)44-33(34,35)36/h6-7,9-17,21-22H,4-5,8,18-20H2,1-3H3,(H,37,43). The third-order valence-electron chi connectivity index (χ3n) is 7.35. The van der Waals surface area contributed by atoms with Crippen molar-refractivity contribution in [2.24, 2.45) is 4.99 Å². The van der Waals surface area contributed by atoms with Gasteiger partial charge in [-0.25, -0.2) is 14.5 Å². The number of amides is 2. The zero-order valence-corrected chi connectivity index (χ0v) is 26.2. The first-order valence-corrected chi connectivity index (χ1v) is 15.8. The van der Waals surface area contributed by atoms with Crippen molar-refractivity contribution in [1.29, 1.82) is 0 Å². The van der Waals surface area contributed by atoms with Gasteiger partial charge in [-0.05, 0) is 79.1 Å². The van der Waals surface area contributed by atoms with Crippen molar-refractivity contribution in [3.05, 3.63) is 89.7 Å². The molecule has 0 unspecified atom stereocenters. The van der Waals surface area contributed by atoms with Gasteiger partial charge in [-0.15, -0.1) is 18.3 Å². The van der Waals surface area contributed by atoms with E-state index in [2.05, 4.69) is 69.0 Å². The Bertz CT molecular complexity index is 1640. The van der Waals surface area contributed by atoms with Gasteiger partial charge in [0.15, 0.2) is 11.0 Å². The molecule has 3 aromatic carbocycles. The van der Waals surface area contributed by atoms with Crippen LogP contribution in [0.3, 0.4) is 0 Å². The molecule has 1 aliphatic rings. The monoisotopic (exact) mass is 636 g/mol. The summed E-state index contributed by atoms with van der Waals surface area (Å²) in [6.45, 7) is 7.88. The minimum absolute atomic E-state index is 0.299. The van der Waals surface area contributed by atoms with Crippen LogP contribution in [-0.2, 0) is 6.42 Å². The van der Waals surface area contributed by atoms with Crippen LogP contribution < -0.4 is 15.0 Å². The number of aromatic nitrogens is 3. The lowest BCUT2D eigenvalue weighted by Gasteiger charge is -2.24. The van der Waals surface area contributed by atoms with Crippen LogP contribution in [0.25, 0.3) is 17.1 Å².